The van der Waals surface area contributed by atoms with Gasteiger partial charge in [0.15, 0.2) is 0 Å². The van der Waals surface area contributed by atoms with Gasteiger partial charge >= 0.3 is 0 Å². The van der Waals surface area contributed by atoms with E-state index in [0.29, 0.717) is 28.6 Å². The minimum atomic E-state index is -0.165. The number of carbonyl (C=O) groups is 2. The molecule has 6 heteroatoms. The van der Waals surface area contributed by atoms with Crippen molar-refractivity contribution in [3.63, 3.8) is 0 Å². The highest BCUT2D eigenvalue weighted by Gasteiger charge is 2.28. The van der Waals surface area contributed by atoms with Crippen LogP contribution in [0.3, 0.4) is 0 Å². The second kappa shape index (κ2) is 10.7. The van der Waals surface area contributed by atoms with Crippen molar-refractivity contribution in [1.82, 2.24) is 5.32 Å². The Morgan fingerprint density at radius 3 is 2.57 bits per heavy atom. The Bertz CT molecular complexity index is 859. The SMILES string of the molecule is CC[NH+](CC)CCCNC(=O)c1c(NC(=O)c2ccccc2)sc2c1CC[C@@H](C)C2. The minimum absolute atomic E-state index is 0.0556. The van der Waals surface area contributed by atoms with E-state index in [4.69, 9.17) is 0 Å². The van der Waals surface area contributed by atoms with Crippen LogP contribution in [0.4, 0.5) is 5.00 Å². The Labute approximate surface area is 183 Å². The number of nitrogens with one attached hydrogen (secondary N) is 3. The number of hydrogen-bond acceptors (Lipinski definition) is 3. The molecule has 1 aliphatic carbocycles. The molecule has 0 bridgehead atoms. The van der Waals surface area contributed by atoms with E-state index in [1.165, 1.54) is 4.88 Å². The lowest BCUT2D eigenvalue weighted by molar-refractivity contribution is -0.896. The van der Waals surface area contributed by atoms with Gasteiger partial charge in [-0.15, -0.1) is 11.3 Å². The van der Waals surface area contributed by atoms with Crippen molar-refractivity contribution in [2.24, 2.45) is 5.92 Å². The molecule has 0 saturated carbocycles. The van der Waals surface area contributed by atoms with E-state index in [9.17, 15) is 9.59 Å². The number of hydrogen-bond donors (Lipinski definition) is 3. The standard InChI is InChI=1S/C24H33N3O2S/c1-4-27(5-2)15-9-14-25-23(29)21-19-13-12-17(3)16-20(19)30-24(21)26-22(28)18-10-7-6-8-11-18/h6-8,10-11,17H,4-5,9,12-16H2,1-3H3,(H,25,29)(H,26,28)/p+1/t17-/m1/s1. The fourth-order valence-electron chi connectivity index (χ4n) is 4.08. The van der Waals surface area contributed by atoms with E-state index < -0.39 is 0 Å². The fourth-order valence-corrected chi connectivity index (χ4v) is 5.48. The number of quaternary nitrogens is 1. The zero-order chi connectivity index (χ0) is 21.5. The van der Waals surface area contributed by atoms with Crippen molar-refractivity contribution in [2.75, 3.05) is 31.5 Å². The third-order valence-corrected chi connectivity index (χ3v) is 7.16. The van der Waals surface area contributed by atoms with E-state index in [0.717, 1.165) is 50.9 Å². The third-order valence-electron chi connectivity index (χ3n) is 5.99. The van der Waals surface area contributed by atoms with Crippen molar-refractivity contribution >= 4 is 28.2 Å². The van der Waals surface area contributed by atoms with Gasteiger partial charge in [0.05, 0.1) is 25.2 Å². The lowest BCUT2D eigenvalue weighted by Crippen LogP contribution is -3.11. The Morgan fingerprint density at radius 1 is 1.13 bits per heavy atom. The highest BCUT2D eigenvalue weighted by molar-refractivity contribution is 7.17. The van der Waals surface area contributed by atoms with Crippen molar-refractivity contribution in [3.05, 3.63) is 51.9 Å². The summed E-state index contributed by atoms with van der Waals surface area (Å²) in [7, 11) is 0. The first-order valence-corrected chi connectivity index (χ1v) is 12.0. The molecule has 1 aromatic carbocycles. The van der Waals surface area contributed by atoms with Gasteiger partial charge in [-0.25, -0.2) is 0 Å². The first kappa shape index (κ1) is 22.5. The third kappa shape index (κ3) is 5.49. The van der Waals surface area contributed by atoms with Crippen LogP contribution in [0.2, 0.25) is 0 Å². The molecule has 3 rings (SSSR count). The summed E-state index contributed by atoms with van der Waals surface area (Å²) in [5, 5.41) is 6.82. The molecule has 30 heavy (non-hydrogen) atoms. The first-order chi connectivity index (χ1) is 14.5. The molecule has 162 valence electrons. The summed E-state index contributed by atoms with van der Waals surface area (Å²) in [6.07, 6.45) is 3.92. The predicted octanol–water partition coefficient (Wildman–Crippen LogP) is 3.17. The van der Waals surface area contributed by atoms with E-state index in [1.54, 1.807) is 28.4 Å². The molecule has 1 atom stereocenters. The minimum Gasteiger partial charge on any atom is -0.352 e. The summed E-state index contributed by atoms with van der Waals surface area (Å²) in [4.78, 5) is 28.6. The van der Waals surface area contributed by atoms with E-state index >= 15 is 0 Å². The van der Waals surface area contributed by atoms with Gasteiger partial charge in [0.25, 0.3) is 11.8 Å². The fraction of sp³-hybridized carbons (Fsp3) is 0.500. The molecule has 5 nitrogen and oxygen atoms in total. The molecule has 1 aliphatic rings. The largest absolute Gasteiger partial charge is 0.352 e. The van der Waals surface area contributed by atoms with Gasteiger partial charge < -0.3 is 15.5 Å². The van der Waals surface area contributed by atoms with E-state index in [1.807, 2.05) is 18.2 Å². The molecule has 0 aliphatic heterocycles. The molecule has 0 radical (unpaired) electrons. The smallest absolute Gasteiger partial charge is 0.256 e. The molecule has 0 saturated heterocycles. The quantitative estimate of drug-likeness (QED) is 0.537. The van der Waals surface area contributed by atoms with Gasteiger partial charge in [-0.1, -0.05) is 25.1 Å². The number of rotatable bonds is 9. The molecule has 2 aromatic rings. The van der Waals surface area contributed by atoms with Crippen LogP contribution in [0.1, 0.15) is 64.8 Å². The van der Waals surface area contributed by atoms with Crippen LogP contribution in [0, 0.1) is 5.92 Å². The van der Waals surface area contributed by atoms with Crippen molar-refractivity contribution in [2.45, 2.75) is 46.5 Å². The number of anilines is 1. The van der Waals surface area contributed by atoms with Crippen LogP contribution in [0.25, 0.3) is 0 Å². The van der Waals surface area contributed by atoms with Gasteiger partial charge in [-0.3, -0.25) is 9.59 Å². The molecular formula is C24H34N3O2S+. The summed E-state index contributed by atoms with van der Waals surface area (Å²) in [6.45, 7) is 10.6. The van der Waals surface area contributed by atoms with Gasteiger partial charge in [0.1, 0.15) is 5.00 Å². The summed E-state index contributed by atoms with van der Waals surface area (Å²) < 4.78 is 0. The Balaban J connectivity index is 1.74. The Hall–Kier alpha value is -2.18. The first-order valence-electron chi connectivity index (χ1n) is 11.2. The second-order valence-corrected chi connectivity index (χ2v) is 9.30. The Kier molecular flexibility index (Phi) is 8.05. The van der Waals surface area contributed by atoms with Gasteiger partial charge in [0, 0.05) is 23.4 Å². The van der Waals surface area contributed by atoms with E-state index in [-0.39, 0.29) is 11.8 Å². The van der Waals surface area contributed by atoms with Crippen LogP contribution in [0.15, 0.2) is 30.3 Å². The van der Waals surface area contributed by atoms with E-state index in [2.05, 4.69) is 31.4 Å². The molecule has 0 spiro atoms. The average molecular weight is 429 g/mol. The van der Waals surface area contributed by atoms with Crippen molar-refractivity contribution in [3.8, 4) is 0 Å². The number of benzene rings is 1. The summed E-state index contributed by atoms with van der Waals surface area (Å²) >= 11 is 1.57. The summed E-state index contributed by atoms with van der Waals surface area (Å²) in [5.74, 6) is 0.392. The van der Waals surface area contributed by atoms with Gasteiger partial charge in [-0.05, 0) is 56.7 Å². The molecule has 0 fully saturated rings. The van der Waals surface area contributed by atoms with Crippen LogP contribution in [0.5, 0.6) is 0 Å². The van der Waals surface area contributed by atoms with Crippen LogP contribution >= 0.6 is 11.3 Å². The highest BCUT2D eigenvalue weighted by Crippen LogP contribution is 2.39. The summed E-state index contributed by atoms with van der Waals surface area (Å²) in [6, 6.07) is 9.17. The number of thiophene rings is 1. The number of fused-ring (bicyclic) bond motifs is 1. The zero-order valence-corrected chi connectivity index (χ0v) is 19.2. The highest BCUT2D eigenvalue weighted by atomic mass is 32.1. The van der Waals surface area contributed by atoms with Crippen LogP contribution in [-0.4, -0.2) is 38.0 Å². The average Bonchev–Trinajstić information content (AvgIpc) is 3.11. The lowest BCUT2D eigenvalue weighted by Gasteiger charge is -2.19. The number of amides is 2. The maximum Gasteiger partial charge on any atom is 0.256 e. The molecule has 2 amide bonds. The predicted molar refractivity (Wildman–Crippen MR) is 124 cm³/mol. The number of carbonyl (C=O) groups excluding carboxylic acids is 2. The maximum absolute atomic E-state index is 13.1. The lowest BCUT2D eigenvalue weighted by atomic mass is 9.88. The monoisotopic (exact) mass is 428 g/mol. The normalized spacial score (nSPS) is 15.7. The molecular weight excluding hydrogens is 394 g/mol. The Morgan fingerprint density at radius 2 is 1.87 bits per heavy atom. The van der Waals surface area contributed by atoms with Gasteiger partial charge in [-0.2, -0.15) is 0 Å². The maximum atomic E-state index is 13.1. The second-order valence-electron chi connectivity index (χ2n) is 8.19. The molecule has 1 heterocycles. The molecule has 1 aromatic heterocycles. The van der Waals surface area contributed by atoms with Crippen LogP contribution < -0.4 is 15.5 Å². The summed E-state index contributed by atoms with van der Waals surface area (Å²) in [5.41, 5.74) is 2.42. The zero-order valence-electron chi connectivity index (χ0n) is 18.3. The topological polar surface area (TPSA) is 62.6 Å². The van der Waals surface area contributed by atoms with Crippen molar-refractivity contribution in [1.29, 1.82) is 0 Å². The van der Waals surface area contributed by atoms with Crippen molar-refractivity contribution < 1.29 is 14.5 Å². The molecule has 3 N–H and O–H groups in total. The molecule has 0 unspecified atom stereocenters. The van der Waals surface area contributed by atoms with Gasteiger partial charge in [0.2, 0.25) is 0 Å². The van der Waals surface area contributed by atoms with Crippen LogP contribution in [-0.2, 0) is 12.8 Å².